The maximum Gasteiger partial charge on any atom is 0.336 e. The minimum atomic E-state index is -0.853. The van der Waals surface area contributed by atoms with Crippen LogP contribution in [-0.4, -0.2) is 30.8 Å². The van der Waals surface area contributed by atoms with E-state index in [1.54, 1.807) is 11.4 Å². The summed E-state index contributed by atoms with van der Waals surface area (Å²) in [6.45, 7) is 5.67. The number of ether oxygens (including phenoxy) is 1. The Balaban J connectivity index is 1.78. The van der Waals surface area contributed by atoms with Gasteiger partial charge in [-0.15, -0.1) is 11.3 Å². The monoisotopic (exact) mass is 269 g/mol. The summed E-state index contributed by atoms with van der Waals surface area (Å²) in [7, 11) is 0. The van der Waals surface area contributed by atoms with Crippen LogP contribution in [0, 0.1) is 5.41 Å². The van der Waals surface area contributed by atoms with E-state index in [-0.39, 0.29) is 0 Å². The number of nitrogens with one attached hydrogen (secondary N) is 1. The summed E-state index contributed by atoms with van der Waals surface area (Å²) < 4.78 is 5.37. The number of carboxylic acids is 1. The summed E-state index contributed by atoms with van der Waals surface area (Å²) >= 11 is 1.50. The van der Waals surface area contributed by atoms with Gasteiger partial charge in [-0.1, -0.05) is 6.92 Å². The van der Waals surface area contributed by atoms with Crippen LogP contribution < -0.4 is 5.32 Å². The first-order valence-electron chi connectivity index (χ1n) is 6.18. The van der Waals surface area contributed by atoms with Crippen molar-refractivity contribution in [1.29, 1.82) is 0 Å². The van der Waals surface area contributed by atoms with Gasteiger partial charge in [-0.2, -0.15) is 0 Å². The van der Waals surface area contributed by atoms with Gasteiger partial charge in [0.15, 0.2) is 0 Å². The molecule has 0 saturated carbocycles. The lowest BCUT2D eigenvalue weighted by atomic mass is 9.82. The zero-order valence-electron chi connectivity index (χ0n) is 10.6. The molecule has 18 heavy (non-hydrogen) atoms. The molecule has 0 amide bonds. The number of carboxylic acid groups (broad SMARTS) is 1. The molecule has 1 aromatic rings. The molecule has 0 spiro atoms. The Hall–Kier alpha value is -0.910. The summed E-state index contributed by atoms with van der Waals surface area (Å²) in [4.78, 5) is 11.8. The van der Waals surface area contributed by atoms with Crippen LogP contribution in [0.5, 0.6) is 0 Å². The third-order valence-corrected chi connectivity index (χ3v) is 4.39. The zero-order chi connectivity index (χ0) is 13.0. The van der Waals surface area contributed by atoms with Crippen LogP contribution >= 0.6 is 11.3 Å². The molecule has 0 radical (unpaired) electrons. The second-order valence-corrected chi connectivity index (χ2v) is 6.13. The predicted octanol–water partition coefficient (Wildman–Crippen LogP) is 2.35. The highest BCUT2D eigenvalue weighted by Crippen LogP contribution is 2.28. The molecule has 0 atom stereocenters. The minimum absolute atomic E-state index is 0.311. The van der Waals surface area contributed by atoms with Gasteiger partial charge >= 0.3 is 5.97 Å². The van der Waals surface area contributed by atoms with E-state index in [9.17, 15) is 4.79 Å². The number of rotatable bonds is 5. The van der Waals surface area contributed by atoms with Gasteiger partial charge < -0.3 is 15.2 Å². The van der Waals surface area contributed by atoms with Crippen LogP contribution in [0.2, 0.25) is 0 Å². The highest BCUT2D eigenvalue weighted by molar-refractivity contribution is 7.10. The molecule has 100 valence electrons. The normalized spacial score (nSPS) is 18.7. The summed E-state index contributed by atoms with van der Waals surface area (Å²) in [6.07, 6.45) is 2.18. The Labute approximate surface area is 111 Å². The van der Waals surface area contributed by atoms with Crippen LogP contribution in [0.25, 0.3) is 0 Å². The van der Waals surface area contributed by atoms with Crippen molar-refractivity contribution >= 4 is 17.3 Å². The van der Waals surface area contributed by atoms with Gasteiger partial charge in [0.05, 0.1) is 5.56 Å². The van der Waals surface area contributed by atoms with Crippen LogP contribution in [0.1, 0.15) is 35.0 Å². The number of hydrogen-bond donors (Lipinski definition) is 2. The molecule has 0 bridgehead atoms. The summed E-state index contributed by atoms with van der Waals surface area (Å²) in [5.41, 5.74) is 0.694. The van der Waals surface area contributed by atoms with Crippen LogP contribution in [-0.2, 0) is 11.3 Å². The second-order valence-electron chi connectivity index (χ2n) is 5.13. The van der Waals surface area contributed by atoms with Crippen molar-refractivity contribution in [3.05, 3.63) is 21.9 Å². The average Bonchev–Trinajstić information content (AvgIpc) is 2.78. The average molecular weight is 269 g/mol. The maximum absolute atomic E-state index is 10.8. The third kappa shape index (κ3) is 3.54. The van der Waals surface area contributed by atoms with Crippen molar-refractivity contribution < 1.29 is 14.6 Å². The number of aromatic carboxylic acids is 1. The van der Waals surface area contributed by atoms with Gasteiger partial charge in [-0.25, -0.2) is 4.79 Å². The lowest BCUT2D eigenvalue weighted by Crippen LogP contribution is -2.36. The molecule has 0 aromatic carbocycles. The van der Waals surface area contributed by atoms with Gasteiger partial charge in [-0.05, 0) is 24.3 Å². The fourth-order valence-electron chi connectivity index (χ4n) is 2.11. The van der Waals surface area contributed by atoms with Gasteiger partial charge in [0.1, 0.15) is 0 Å². The summed E-state index contributed by atoms with van der Waals surface area (Å²) in [5, 5.41) is 14.0. The summed E-state index contributed by atoms with van der Waals surface area (Å²) in [6, 6.07) is 1.74. The number of carbonyl (C=O) groups is 1. The highest BCUT2D eigenvalue weighted by Gasteiger charge is 2.26. The fraction of sp³-hybridized carbons (Fsp3) is 0.615. The van der Waals surface area contributed by atoms with Gasteiger partial charge in [0.2, 0.25) is 0 Å². The molecule has 0 unspecified atom stereocenters. The second kappa shape index (κ2) is 5.82. The molecule has 2 heterocycles. The Morgan fingerprint density at radius 2 is 2.28 bits per heavy atom. The van der Waals surface area contributed by atoms with Gasteiger partial charge in [0.25, 0.3) is 0 Å². The van der Waals surface area contributed by atoms with Crippen LogP contribution in [0.3, 0.4) is 0 Å². The van der Waals surface area contributed by atoms with Crippen molar-refractivity contribution in [2.24, 2.45) is 5.41 Å². The summed E-state index contributed by atoms with van der Waals surface area (Å²) in [5.74, 6) is -0.853. The lowest BCUT2D eigenvalue weighted by molar-refractivity contribution is 0.0240. The Morgan fingerprint density at radius 3 is 2.89 bits per heavy atom. The molecule has 1 aliphatic rings. The fourth-order valence-corrected chi connectivity index (χ4v) is 2.94. The first-order chi connectivity index (χ1) is 8.59. The van der Waals surface area contributed by atoms with E-state index in [1.807, 2.05) is 0 Å². The maximum atomic E-state index is 10.8. The molecule has 2 N–H and O–H groups in total. The van der Waals surface area contributed by atoms with Crippen molar-refractivity contribution in [2.45, 2.75) is 26.3 Å². The third-order valence-electron chi connectivity index (χ3n) is 3.45. The van der Waals surface area contributed by atoms with Crippen molar-refractivity contribution in [3.8, 4) is 0 Å². The molecular weight excluding hydrogens is 250 g/mol. The van der Waals surface area contributed by atoms with Gasteiger partial charge in [-0.3, -0.25) is 0 Å². The molecule has 1 fully saturated rings. The Morgan fingerprint density at radius 1 is 1.56 bits per heavy atom. The Kier molecular flexibility index (Phi) is 4.37. The predicted molar refractivity (Wildman–Crippen MR) is 71.1 cm³/mol. The quantitative estimate of drug-likeness (QED) is 0.861. The van der Waals surface area contributed by atoms with Crippen LogP contribution in [0.15, 0.2) is 11.4 Å². The standard InChI is InChI=1S/C13H19NO3S/c1-13(2-4-17-5-3-13)9-14-7-11-6-10(8-18-11)12(15)16/h6,8,14H,2-5,7,9H2,1H3,(H,15,16). The zero-order valence-corrected chi connectivity index (χ0v) is 11.4. The van der Waals surface area contributed by atoms with E-state index < -0.39 is 5.97 Å². The van der Waals surface area contributed by atoms with E-state index >= 15 is 0 Å². The Bertz CT molecular complexity index is 410. The number of thiophene rings is 1. The van der Waals surface area contributed by atoms with E-state index in [1.165, 1.54) is 11.3 Å². The molecule has 0 aliphatic carbocycles. The SMILES string of the molecule is CC1(CNCc2cc(C(=O)O)cs2)CCOCC1. The molecule has 1 aliphatic heterocycles. The minimum Gasteiger partial charge on any atom is -0.478 e. The van der Waals surface area contributed by atoms with Crippen LogP contribution in [0.4, 0.5) is 0 Å². The molecule has 5 heteroatoms. The highest BCUT2D eigenvalue weighted by atomic mass is 32.1. The van der Waals surface area contributed by atoms with E-state index in [0.717, 1.165) is 44.0 Å². The van der Waals surface area contributed by atoms with E-state index in [4.69, 9.17) is 9.84 Å². The topological polar surface area (TPSA) is 58.6 Å². The van der Waals surface area contributed by atoms with Crippen molar-refractivity contribution in [2.75, 3.05) is 19.8 Å². The molecule has 1 aromatic heterocycles. The first-order valence-corrected chi connectivity index (χ1v) is 7.06. The van der Waals surface area contributed by atoms with E-state index in [2.05, 4.69) is 12.2 Å². The molecule has 2 rings (SSSR count). The lowest BCUT2D eigenvalue weighted by Gasteiger charge is -2.33. The molecule has 1 saturated heterocycles. The first kappa shape index (κ1) is 13.5. The van der Waals surface area contributed by atoms with Crippen molar-refractivity contribution in [3.63, 3.8) is 0 Å². The molecule has 4 nitrogen and oxygen atoms in total. The van der Waals surface area contributed by atoms with Crippen molar-refractivity contribution in [1.82, 2.24) is 5.32 Å². The molecular formula is C13H19NO3S. The number of hydrogen-bond acceptors (Lipinski definition) is 4. The smallest absolute Gasteiger partial charge is 0.336 e. The van der Waals surface area contributed by atoms with Gasteiger partial charge in [0, 0.05) is 36.6 Å². The van der Waals surface area contributed by atoms with E-state index in [0.29, 0.717) is 11.0 Å². The largest absolute Gasteiger partial charge is 0.478 e.